The van der Waals surface area contributed by atoms with Crippen LogP contribution in [0.15, 0.2) is 58.5 Å². The first-order chi connectivity index (χ1) is 12.9. The monoisotopic (exact) mass is 389 g/mol. The SMILES string of the molecule is COc1ccccc1S(=O)(=O)NCCn1nc(-c2cccnc2)n(C)c1=O. The maximum atomic E-state index is 12.5. The Kier molecular flexibility index (Phi) is 5.38. The van der Waals surface area contributed by atoms with E-state index in [4.69, 9.17) is 4.74 Å². The molecule has 0 amide bonds. The molecule has 0 aliphatic carbocycles. The summed E-state index contributed by atoms with van der Waals surface area (Å²) in [6, 6.07) is 9.86. The number of nitrogens with one attached hydrogen (secondary N) is 1. The van der Waals surface area contributed by atoms with Crippen molar-refractivity contribution in [2.45, 2.75) is 11.4 Å². The first kappa shape index (κ1) is 18.8. The van der Waals surface area contributed by atoms with Gasteiger partial charge in [0.1, 0.15) is 10.6 Å². The molecule has 0 bridgehead atoms. The number of ether oxygens (including phenoxy) is 1. The zero-order valence-corrected chi connectivity index (χ0v) is 15.7. The van der Waals surface area contributed by atoms with Crippen LogP contribution in [-0.2, 0) is 23.6 Å². The fourth-order valence-corrected chi connectivity index (χ4v) is 3.77. The molecule has 0 aliphatic rings. The van der Waals surface area contributed by atoms with Crippen molar-refractivity contribution >= 4 is 10.0 Å². The van der Waals surface area contributed by atoms with Gasteiger partial charge >= 0.3 is 5.69 Å². The predicted molar refractivity (Wildman–Crippen MR) is 98.9 cm³/mol. The molecule has 0 saturated carbocycles. The van der Waals surface area contributed by atoms with Crippen molar-refractivity contribution in [1.29, 1.82) is 0 Å². The van der Waals surface area contributed by atoms with E-state index >= 15 is 0 Å². The Morgan fingerprint density at radius 1 is 1.19 bits per heavy atom. The van der Waals surface area contributed by atoms with Crippen molar-refractivity contribution in [3.8, 4) is 17.1 Å². The van der Waals surface area contributed by atoms with Gasteiger partial charge in [0.25, 0.3) is 0 Å². The molecule has 1 aromatic carbocycles. The van der Waals surface area contributed by atoms with E-state index in [2.05, 4.69) is 14.8 Å². The van der Waals surface area contributed by atoms with Crippen LogP contribution < -0.4 is 15.1 Å². The molecule has 2 heterocycles. The van der Waals surface area contributed by atoms with Crippen molar-refractivity contribution in [3.05, 3.63) is 59.3 Å². The Balaban J connectivity index is 1.75. The van der Waals surface area contributed by atoms with Crippen LogP contribution in [0.3, 0.4) is 0 Å². The van der Waals surface area contributed by atoms with Crippen molar-refractivity contribution < 1.29 is 13.2 Å². The highest BCUT2D eigenvalue weighted by Gasteiger charge is 2.19. The Morgan fingerprint density at radius 3 is 2.67 bits per heavy atom. The largest absolute Gasteiger partial charge is 0.495 e. The van der Waals surface area contributed by atoms with Crippen molar-refractivity contribution in [3.63, 3.8) is 0 Å². The molecule has 2 aromatic heterocycles. The molecule has 0 aliphatic heterocycles. The van der Waals surface area contributed by atoms with Crippen LogP contribution in [0.1, 0.15) is 0 Å². The maximum Gasteiger partial charge on any atom is 0.345 e. The topological polar surface area (TPSA) is 108 Å². The number of pyridine rings is 1. The van der Waals surface area contributed by atoms with Gasteiger partial charge < -0.3 is 4.74 Å². The van der Waals surface area contributed by atoms with Gasteiger partial charge in [-0.25, -0.2) is 22.6 Å². The fourth-order valence-electron chi connectivity index (χ4n) is 2.58. The van der Waals surface area contributed by atoms with Crippen LogP contribution in [0, 0.1) is 0 Å². The molecule has 0 atom stereocenters. The van der Waals surface area contributed by atoms with Gasteiger partial charge in [0.05, 0.1) is 13.7 Å². The van der Waals surface area contributed by atoms with Gasteiger partial charge in [-0.05, 0) is 24.3 Å². The first-order valence-electron chi connectivity index (χ1n) is 8.11. The van der Waals surface area contributed by atoms with Gasteiger partial charge in [0.15, 0.2) is 5.82 Å². The second-order valence-corrected chi connectivity index (χ2v) is 7.41. The minimum absolute atomic E-state index is 0.00375. The summed E-state index contributed by atoms with van der Waals surface area (Å²) < 4.78 is 35.1. The Morgan fingerprint density at radius 2 is 1.96 bits per heavy atom. The summed E-state index contributed by atoms with van der Waals surface area (Å²) in [5, 5.41) is 4.27. The van der Waals surface area contributed by atoms with Gasteiger partial charge in [0.2, 0.25) is 10.0 Å². The van der Waals surface area contributed by atoms with Crippen LogP contribution >= 0.6 is 0 Å². The predicted octanol–water partition coefficient (Wildman–Crippen LogP) is 0.631. The van der Waals surface area contributed by atoms with E-state index in [0.717, 1.165) is 0 Å². The van der Waals surface area contributed by atoms with Gasteiger partial charge in [0, 0.05) is 31.5 Å². The number of hydrogen-bond acceptors (Lipinski definition) is 6. The van der Waals surface area contributed by atoms with E-state index < -0.39 is 10.0 Å². The maximum absolute atomic E-state index is 12.5. The summed E-state index contributed by atoms with van der Waals surface area (Å²) in [6.45, 7) is 0.0884. The van der Waals surface area contributed by atoms with Crippen molar-refractivity contribution in [2.24, 2.45) is 7.05 Å². The smallest absolute Gasteiger partial charge is 0.345 e. The van der Waals surface area contributed by atoms with Crippen LogP contribution in [0.4, 0.5) is 0 Å². The number of sulfonamides is 1. The van der Waals surface area contributed by atoms with Gasteiger partial charge in [-0.1, -0.05) is 12.1 Å². The van der Waals surface area contributed by atoms with E-state index in [1.807, 2.05) is 0 Å². The summed E-state index contributed by atoms with van der Waals surface area (Å²) in [7, 11) is -0.768. The molecule has 142 valence electrons. The summed E-state index contributed by atoms with van der Waals surface area (Å²) in [4.78, 5) is 16.4. The average molecular weight is 389 g/mol. The lowest BCUT2D eigenvalue weighted by Crippen LogP contribution is -2.32. The van der Waals surface area contributed by atoms with Crippen molar-refractivity contribution in [2.75, 3.05) is 13.7 Å². The highest BCUT2D eigenvalue weighted by molar-refractivity contribution is 7.89. The van der Waals surface area contributed by atoms with E-state index in [0.29, 0.717) is 11.4 Å². The average Bonchev–Trinajstić information content (AvgIpc) is 2.97. The Hall–Kier alpha value is -2.98. The number of rotatable bonds is 7. The quantitative estimate of drug-likeness (QED) is 0.635. The molecule has 0 radical (unpaired) electrons. The number of hydrogen-bond donors (Lipinski definition) is 1. The van der Waals surface area contributed by atoms with Gasteiger partial charge in [-0.15, -0.1) is 5.10 Å². The van der Waals surface area contributed by atoms with Crippen LogP contribution in [0.25, 0.3) is 11.4 Å². The third-order valence-corrected chi connectivity index (χ3v) is 5.44. The number of para-hydroxylation sites is 1. The molecular formula is C17H19N5O4S. The third kappa shape index (κ3) is 3.91. The molecular weight excluding hydrogens is 370 g/mol. The number of nitrogens with zero attached hydrogens (tertiary/aromatic N) is 4. The summed E-state index contributed by atoms with van der Waals surface area (Å²) in [5.74, 6) is 0.708. The van der Waals surface area contributed by atoms with Crippen LogP contribution in [-0.4, -0.2) is 41.4 Å². The minimum atomic E-state index is -3.78. The summed E-state index contributed by atoms with van der Waals surface area (Å²) in [5.41, 5.74) is 0.357. The summed E-state index contributed by atoms with van der Waals surface area (Å²) >= 11 is 0. The minimum Gasteiger partial charge on any atom is -0.495 e. The second kappa shape index (κ2) is 7.72. The molecule has 1 N–H and O–H groups in total. The zero-order valence-electron chi connectivity index (χ0n) is 14.9. The fraction of sp³-hybridized carbons (Fsp3) is 0.235. The molecule has 0 spiro atoms. The molecule has 3 rings (SSSR count). The molecule has 0 saturated heterocycles. The molecule has 3 aromatic rings. The molecule has 9 nitrogen and oxygen atoms in total. The lowest BCUT2D eigenvalue weighted by molar-refractivity contribution is 0.402. The third-order valence-electron chi connectivity index (χ3n) is 3.93. The molecule has 0 unspecified atom stereocenters. The number of benzene rings is 1. The van der Waals surface area contributed by atoms with E-state index in [1.165, 1.54) is 22.4 Å². The molecule has 27 heavy (non-hydrogen) atoms. The van der Waals surface area contributed by atoms with Crippen LogP contribution in [0.2, 0.25) is 0 Å². The normalized spacial score (nSPS) is 11.5. The van der Waals surface area contributed by atoms with E-state index in [9.17, 15) is 13.2 Å². The summed E-state index contributed by atoms with van der Waals surface area (Å²) in [6.07, 6.45) is 3.24. The highest BCUT2D eigenvalue weighted by atomic mass is 32.2. The van der Waals surface area contributed by atoms with Crippen LogP contribution in [0.5, 0.6) is 5.75 Å². The second-order valence-electron chi connectivity index (χ2n) is 5.68. The zero-order chi connectivity index (χ0) is 19.4. The Bertz CT molecular complexity index is 1090. The lowest BCUT2D eigenvalue weighted by atomic mass is 10.3. The molecule has 10 heteroatoms. The number of methoxy groups -OCH3 is 1. The Labute approximate surface area is 156 Å². The number of aromatic nitrogens is 4. The standard InChI is InChI=1S/C17H19N5O4S/c1-21-16(13-6-5-9-18-12-13)20-22(17(21)23)11-10-19-27(24,25)15-8-4-3-7-14(15)26-2/h3-9,12,19H,10-11H2,1-2H3. The molecule has 0 fully saturated rings. The lowest BCUT2D eigenvalue weighted by Gasteiger charge is -2.10. The van der Waals surface area contributed by atoms with E-state index in [-0.39, 0.29) is 29.4 Å². The van der Waals surface area contributed by atoms with Crippen molar-refractivity contribution in [1.82, 2.24) is 24.1 Å². The highest BCUT2D eigenvalue weighted by Crippen LogP contribution is 2.22. The first-order valence-corrected chi connectivity index (χ1v) is 9.59. The van der Waals surface area contributed by atoms with Gasteiger partial charge in [-0.2, -0.15) is 0 Å². The van der Waals surface area contributed by atoms with E-state index in [1.54, 1.807) is 49.8 Å². The van der Waals surface area contributed by atoms with Gasteiger partial charge in [-0.3, -0.25) is 9.55 Å².